The Labute approximate surface area is 166 Å². The van der Waals surface area contributed by atoms with Crippen LogP contribution in [0.2, 0.25) is 0 Å². The minimum absolute atomic E-state index is 0.0457. The molecule has 0 spiro atoms. The second kappa shape index (κ2) is 9.88. The number of sulfonamides is 1. The average molecular weight is 406 g/mol. The molecule has 0 amide bonds. The Morgan fingerprint density at radius 3 is 2.18 bits per heavy atom. The molecule has 2 aromatic carbocycles. The van der Waals surface area contributed by atoms with Gasteiger partial charge >= 0.3 is 0 Å². The lowest BCUT2D eigenvalue weighted by Gasteiger charge is -2.28. The fourth-order valence-corrected chi connectivity index (χ4v) is 4.49. The number of benzene rings is 2. The number of aliphatic hydroxyl groups is 1. The van der Waals surface area contributed by atoms with Gasteiger partial charge in [0.25, 0.3) is 0 Å². The van der Waals surface area contributed by atoms with E-state index in [1.807, 2.05) is 44.2 Å². The predicted octanol–water partition coefficient (Wildman–Crippen LogP) is 2.66. The SMILES string of the molecule is CC(C)CN(CC(O)C(N)Cc1ccccc1)S(=O)(=O)c1ccc(N=O)cc1. The van der Waals surface area contributed by atoms with Gasteiger partial charge in [0.1, 0.15) is 5.69 Å². The minimum atomic E-state index is -3.85. The summed E-state index contributed by atoms with van der Waals surface area (Å²) in [7, 11) is -3.85. The molecule has 0 bridgehead atoms. The van der Waals surface area contributed by atoms with Gasteiger partial charge < -0.3 is 10.8 Å². The molecule has 2 rings (SSSR count). The summed E-state index contributed by atoms with van der Waals surface area (Å²) in [6, 6.07) is 14.3. The predicted molar refractivity (Wildman–Crippen MR) is 110 cm³/mol. The molecule has 28 heavy (non-hydrogen) atoms. The zero-order chi connectivity index (χ0) is 20.7. The summed E-state index contributed by atoms with van der Waals surface area (Å²) in [5.74, 6) is 0.0586. The van der Waals surface area contributed by atoms with Gasteiger partial charge in [-0.3, -0.25) is 0 Å². The van der Waals surface area contributed by atoms with Crippen molar-refractivity contribution in [3.63, 3.8) is 0 Å². The second-order valence-electron chi connectivity index (χ2n) is 7.22. The Morgan fingerprint density at radius 2 is 1.64 bits per heavy atom. The molecule has 0 aliphatic rings. The van der Waals surface area contributed by atoms with Crippen molar-refractivity contribution in [2.75, 3.05) is 13.1 Å². The number of hydrogen-bond donors (Lipinski definition) is 2. The number of nitroso groups, excluding NO2 is 1. The molecule has 7 nitrogen and oxygen atoms in total. The summed E-state index contributed by atoms with van der Waals surface area (Å²) < 4.78 is 27.3. The molecule has 0 aliphatic heterocycles. The lowest BCUT2D eigenvalue weighted by atomic mass is 10.0. The van der Waals surface area contributed by atoms with Crippen LogP contribution < -0.4 is 5.73 Å². The van der Waals surface area contributed by atoms with Crippen LogP contribution in [0.3, 0.4) is 0 Å². The number of nitrogens with zero attached hydrogens (tertiary/aromatic N) is 2. The van der Waals surface area contributed by atoms with Gasteiger partial charge in [0.05, 0.1) is 11.0 Å². The Kier molecular flexibility index (Phi) is 7.82. The van der Waals surface area contributed by atoms with Gasteiger partial charge in [-0.05, 0) is 47.3 Å². The zero-order valence-electron chi connectivity index (χ0n) is 16.1. The van der Waals surface area contributed by atoms with Gasteiger partial charge in [-0.15, -0.1) is 4.91 Å². The van der Waals surface area contributed by atoms with Crippen molar-refractivity contribution in [2.24, 2.45) is 16.8 Å². The van der Waals surface area contributed by atoms with Crippen molar-refractivity contribution in [1.29, 1.82) is 0 Å². The van der Waals surface area contributed by atoms with Crippen LogP contribution in [0, 0.1) is 10.8 Å². The highest BCUT2D eigenvalue weighted by Gasteiger charge is 2.29. The van der Waals surface area contributed by atoms with Crippen molar-refractivity contribution in [2.45, 2.75) is 37.3 Å². The van der Waals surface area contributed by atoms with Crippen molar-refractivity contribution in [3.05, 3.63) is 65.1 Å². The van der Waals surface area contributed by atoms with Crippen LogP contribution in [0.1, 0.15) is 19.4 Å². The molecule has 0 saturated carbocycles. The summed E-state index contributed by atoms with van der Waals surface area (Å²) in [4.78, 5) is 10.6. The Morgan fingerprint density at radius 1 is 1.04 bits per heavy atom. The van der Waals surface area contributed by atoms with Gasteiger partial charge in [0.2, 0.25) is 10.0 Å². The van der Waals surface area contributed by atoms with Crippen LogP contribution in [0.15, 0.2) is 64.7 Å². The molecule has 0 fully saturated rings. The second-order valence-corrected chi connectivity index (χ2v) is 9.16. The number of rotatable bonds is 10. The molecule has 0 aromatic heterocycles. The highest BCUT2D eigenvalue weighted by molar-refractivity contribution is 7.89. The first kappa shape index (κ1) is 22.2. The van der Waals surface area contributed by atoms with E-state index >= 15 is 0 Å². The third kappa shape index (κ3) is 5.93. The monoisotopic (exact) mass is 405 g/mol. The summed E-state index contributed by atoms with van der Waals surface area (Å²) in [5.41, 5.74) is 7.26. The average Bonchev–Trinajstić information content (AvgIpc) is 2.67. The topological polar surface area (TPSA) is 113 Å². The molecule has 0 aliphatic carbocycles. The molecule has 0 radical (unpaired) electrons. The summed E-state index contributed by atoms with van der Waals surface area (Å²) >= 11 is 0. The first-order valence-electron chi connectivity index (χ1n) is 9.15. The van der Waals surface area contributed by atoms with Crippen LogP contribution in [0.25, 0.3) is 0 Å². The Hall–Kier alpha value is -2.13. The van der Waals surface area contributed by atoms with Crippen LogP contribution in [-0.4, -0.2) is 43.1 Å². The smallest absolute Gasteiger partial charge is 0.243 e. The van der Waals surface area contributed by atoms with Gasteiger partial charge in [-0.1, -0.05) is 44.2 Å². The molecule has 2 aromatic rings. The van der Waals surface area contributed by atoms with E-state index in [4.69, 9.17) is 5.73 Å². The Bertz CT molecular complexity index is 855. The van der Waals surface area contributed by atoms with E-state index < -0.39 is 22.2 Å². The highest BCUT2D eigenvalue weighted by atomic mass is 32.2. The molecular weight excluding hydrogens is 378 g/mol. The first-order valence-corrected chi connectivity index (χ1v) is 10.6. The Balaban J connectivity index is 2.18. The summed E-state index contributed by atoms with van der Waals surface area (Å²) in [5, 5.41) is 13.4. The normalized spacial score (nSPS) is 14.2. The van der Waals surface area contributed by atoms with Crippen molar-refractivity contribution in [3.8, 4) is 0 Å². The first-order chi connectivity index (χ1) is 13.2. The molecule has 152 valence electrons. The van der Waals surface area contributed by atoms with Crippen LogP contribution in [0.5, 0.6) is 0 Å². The van der Waals surface area contributed by atoms with Crippen molar-refractivity contribution < 1.29 is 13.5 Å². The van der Waals surface area contributed by atoms with E-state index in [0.717, 1.165) is 5.56 Å². The molecule has 3 N–H and O–H groups in total. The molecule has 8 heteroatoms. The fraction of sp³-hybridized carbons (Fsp3) is 0.400. The number of hydrogen-bond acceptors (Lipinski definition) is 6. The maximum Gasteiger partial charge on any atom is 0.243 e. The highest BCUT2D eigenvalue weighted by Crippen LogP contribution is 2.21. The quantitative estimate of drug-likeness (QED) is 0.590. The maximum absolute atomic E-state index is 13.0. The standard InChI is InChI=1S/C20H27N3O4S/c1-15(2)13-23(28(26,27)18-10-8-17(22-25)9-11-18)14-20(24)19(21)12-16-6-4-3-5-7-16/h3-11,15,19-20,24H,12-14,21H2,1-2H3. The van der Waals surface area contributed by atoms with Gasteiger partial charge in [-0.25, -0.2) is 8.42 Å². The molecule has 2 atom stereocenters. The van der Waals surface area contributed by atoms with Gasteiger partial charge in [-0.2, -0.15) is 4.31 Å². The van der Waals surface area contributed by atoms with E-state index in [1.165, 1.54) is 28.6 Å². The van der Waals surface area contributed by atoms with E-state index in [2.05, 4.69) is 5.18 Å². The van der Waals surface area contributed by atoms with Crippen LogP contribution >= 0.6 is 0 Å². The van der Waals surface area contributed by atoms with E-state index in [1.54, 1.807) is 0 Å². The van der Waals surface area contributed by atoms with Gasteiger partial charge in [0, 0.05) is 19.1 Å². The van der Waals surface area contributed by atoms with E-state index in [0.29, 0.717) is 6.42 Å². The summed E-state index contributed by atoms with van der Waals surface area (Å²) in [6.45, 7) is 3.93. The lowest BCUT2D eigenvalue weighted by Crippen LogP contribution is -2.47. The number of nitrogens with two attached hydrogens (primary N) is 1. The van der Waals surface area contributed by atoms with Gasteiger partial charge in [0.15, 0.2) is 0 Å². The molecule has 0 saturated heterocycles. The fourth-order valence-electron chi connectivity index (χ4n) is 2.87. The molecule has 0 heterocycles. The van der Waals surface area contributed by atoms with Crippen LogP contribution in [0.4, 0.5) is 5.69 Å². The third-order valence-electron chi connectivity index (χ3n) is 4.35. The minimum Gasteiger partial charge on any atom is -0.390 e. The lowest BCUT2D eigenvalue weighted by molar-refractivity contribution is 0.116. The van der Waals surface area contributed by atoms with E-state index in [9.17, 15) is 18.4 Å². The maximum atomic E-state index is 13.0. The van der Waals surface area contributed by atoms with Crippen LogP contribution in [-0.2, 0) is 16.4 Å². The molecular formula is C20H27N3O4S. The summed E-state index contributed by atoms with van der Waals surface area (Å²) in [6.07, 6.45) is -0.582. The zero-order valence-corrected chi connectivity index (χ0v) is 16.9. The number of aliphatic hydroxyl groups excluding tert-OH is 1. The third-order valence-corrected chi connectivity index (χ3v) is 6.19. The molecule has 2 unspecified atom stereocenters. The van der Waals surface area contributed by atoms with E-state index in [-0.39, 0.29) is 29.6 Å². The van der Waals surface area contributed by atoms with Crippen molar-refractivity contribution >= 4 is 15.7 Å². The van der Waals surface area contributed by atoms with Crippen molar-refractivity contribution in [1.82, 2.24) is 4.31 Å². The largest absolute Gasteiger partial charge is 0.390 e.